The van der Waals surface area contributed by atoms with E-state index in [2.05, 4.69) is 18.7 Å². The van der Waals surface area contributed by atoms with Crippen LogP contribution < -0.4 is 14.4 Å². The number of hydrogen-bond donors (Lipinski definition) is 0. The highest BCUT2D eigenvalue weighted by molar-refractivity contribution is 6.32. The number of anilines is 1. The Kier molecular flexibility index (Phi) is 8.16. The minimum atomic E-state index is -0.415. The molecule has 1 saturated heterocycles. The second-order valence-electron chi connectivity index (χ2n) is 8.16. The first kappa shape index (κ1) is 24.4. The highest BCUT2D eigenvalue weighted by Gasteiger charge is 2.20. The Morgan fingerprint density at radius 1 is 1.18 bits per heavy atom. The fourth-order valence-corrected chi connectivity index (χ4v) is 3.74. The van der Waals surface area contributed by atoms with Gasteiger partial charge in [0.2, 0.25) is 5.91 Å². The molecule has 0 unspecified atom stereocenters. The molecule has 1 aliphatic heterocycles. The summed E-state index contributed by atoms with van der Waals surface area (Å²) < 4.78 is 11.2. The molecule has 1 fully saturated rings. The van der Waals surface area contributed by atoms with Crippen molar-refractivity contribution in [2.45, 2.75) is 13.8 Å². The van der Waals surface area contributed by atoms with Crippen LogP contribution in [0.2, 0.25) is 5.02 Å². The molecule has 0 saturated carbocycles. The van der Waals surface area contributed by atoms with Gasteiger partial charge >= 0.3 is 0 Å². The van der Waals surface area contributed by atoms with E-state index >= 15 is 0 Å². The van der Waals surface area contributed by atoms with Crippen LogP contribution in [0.25, 0.3) is 6.08 Å². The summed E-state index contributed by atoms with van der Waals surface area (Å²) in [5.41, 5.74) is 1.71. The fourth-order valence-electron chi connectivity index (χ4n) is 3.47. The molecule has 0 aromatic heterocycles. The third-order valence-corrected chi connectivity index (χ3v) is 5.53. The number of piperazine rings is 1. The van der Waals surface area contributed by atoms with Crippen LogP contribution in [0.4, 0.5) is 11.4 Å². The average Bonchev–Trinajstić information content (AvgIpc) is 2.81. The largest absolute Gasteiger partial charge is 0.493 e. The SMILES string of the molecule is COc1cc(/C=C/C(=O)N2CCN(c3ccc([N+](=O)[O-])cc3)CC2)cc(Cl)c1OCC(C)C. The number of nitrogens with zero attached hydrogens (tertiary/aromatic N) is 3. The molecular formula is C24H28ClN3O5. The van der Waals surface area contributed by atoms with Crippen LogP contribution in [0, 0.1) is 16.0 Å². The minimum Gasteiger partial charge on any atom is -0.493 e. The predicted molar refractivity (Wildman–Crippen MR) is 129 cm³/mol. The highest BCUT2D eigenvalue weighted by atomic mass is 35.5. The van der Waals surface area contributed by atoms with E-state index in [1.807, 2.05) is 0 Å². The van der Waals surface area contributed by atoms with Crippen LogP contribution in [-0.4, -0.2) is 55.6 Å². The number of nitro groups is 1. The fraction of sp³-hybridized carbons (Fsp3) is 0.375. The van der Waals surface area contributed by atoms with Gasteiger partial charge in [0.1, 0.15) is 0 Å². The van der Waals surface area contributed by atoms with E-state index in [1.54, 1.807) is 42.4 Å². The van der Waals surface area contributed by atoms with Gasteiger partial charge in [-0.3, -0.25) is 14.9 Å². The molecule has 9 heteroatoms. The molecular weight excluding hydrogens is 446 g/mol. The Morgan fingerprint density at radius 3 is 2.42 bits per heavy atom. The van der Waals surface area contributed by atoms with E-state index in [-0.39, 0.29) is 11.6 Å². The lowest BCUT2D eigenvalue weighted by molar-refractivity contribution is -0.384. The lowest BCUT2D eigenvalue weighted by Crippen LogP contribution is -2.48. The number of nitro benzene ring substituents is 1. The number of halogens is 1. The maximum absolute atomic E-state index is 12.7. The zero-order valence-corrected chi connectivity index (χ0v) is 19.7. The molecule has 0 bridgehead atoms. The summed E-state index contributed by atoms with van der Waals surface area (Å²) in [5.74, 6) is 1.28. The van der Waals surface area contributed by atoms with Crippen molar-refractivity contribution in [2.24, 2.45) is 5.92 Å². The molecule has 0 N–H and O–H groups in total. The molecule has 3 rings (SSSR count). The van der Waals surface area contributed by atoms with Gasteiger partial charge in [-0.25, -0.2) is 0 Å². The van der Waals surface area contributed by atoms with E-state index in [9.17, 15) is 14.9 Å². The van der Waals surface area contributed by atoms with E-state index in [1.165, 1.54) is 18.2 Å². The van der Waals surface area contributed by atoms with Crippen LogP contribution >= 0.6 is 11.6 Å². The normalized spacial score (nSPS) is 14.1. The highest BCUT2D eigenvalue weighted by Crippen LogP contribution is 2.37. The van der Waals surface area contributed by atoms with Crippen molar-refractivity contribution < 1.29 is 19.2 Å². The molecule has 1 aliphatic rings. The number of carbonyl (C=O) groups is 1. The van der Waals surface area contributed by atoms with Crippen molar-refractivity contribution in [3.63, 3.8) is 0 Å². The van der Waals surface area contributed by atoms with Crippen molar-refractivity contribution >= 4 is 35.0 Å². The second kappa shape index (κ2) is 11.0. The first-order valence-electron chi connectivity index (χ1n) is 10.7. The average molecular weight is 474 g/mol. The molecule has 0 radical (unpaired) electrons. The summed E-state index contributed by atoms with van der Waals surface area (Å²) in [6.45, 7) is 7.05. The lowest BCUT2D eigenvalue weighted by atomic mass is 10.1. The Labute approximate surface area is 198 Å². The van der Waals surface area contributed by atoms with Gasteiger partial charge in [-0.2, -0.15) is 0 Å². The van der Waals surface area contributed by atoms with E-state index in [4.69, 9.17) is 21.1 Å². The van der Waals surface area contributed by atoms with E-state index < -0.39 is 4.92 Å². The number of methoxy groups -OCH3 is 1. The maximum atomic E-state index is 12.7. The van der Waals surface area contributed by atoms with Crippen LogP contribution in [0.3, 0.4) is 0 Å². The monoisotopic (exact) mass is 473 g/mol. The van der Waals surface area contributed by atoms with Gasteiger partial charge in [0.25, 0.3) is 5.69 Å². The summed E-state index contributed by atoms with van der Waals surface area (Å²) in [7, 11) is 1.55. The number of rotatable bonds is 8. The van der Waals surface area contributed by atoms with Gasteiger partial charge in [0.15, 0.2) is 11.5 Å². The zero-order valence-electron chi connectivity index (χ0n) is 19.0. The number of ether oxygens (including phenoxy) is 2. The van der Waals surface area contributed by atoms with Crippen molar-refractivity contribution in [1.82, 2.24) is 4.90 Å². The summed E-state index contributed by atoms with van der Waals surface area (Å²) in [6, 6.07) is 10.00. The molecule has 0 spiro atoms. The number of non-ortho nitro benzene ring substituents is 1. The lowest BCUT2D eigenvalue weighted by Gasteiger charge is -2.35. The Balaban J connectivity index is 1.60. The van der Waals surface area contributed by atoms with Crippen molar-refractivity contribution in [2.75, 3.05) is 44.8 Å². The first-order chi connectivity index (χ1) is 15.8. The smallest absolute Gasteiger partial charge is 0.269 e. The molecule has 8 nitrogen and oxygen atoms in total. The topological polar surface area (TPSA) is 85.2 Å². The number of carbonyl (C=O) groups excluding carboxylic acids is 1. The summed E-state index contributed by atoms with van der Waals surface area (Å²) in [5, 5.41) is 11.2. The third-order valence-electron chi connectivity index (χ3n) is 5.25. The minimum absolute atomic E-state index is 0.0638. The zero-order chi connectivity index (χ0) is 24.0. The van der Waals surface area contributed by atoms with E-state index in [0.717, 1.165) is 11.3 Å². The van der Waals surface area contributed by atoms with Gasteiger partial charge < -0.3 is 19.3 Å². The predicted octanol–water partition coefficient (Wildman–Crippen LogP) is 4.65. The van der Waals surface area contributed by atoms with Gasteiger partial charge in [0, 0.05) is 50.1 Å². The quantitative estimate of drug-likeness (QED) is 0.315. The summed E-state index contributed by atoms with van der Waals surface area (Å²) >= 11 is 6.39. The summed E-state index contributed by atoms with van der Waals surface area (Å²) in [4.78, 5) is 27.0. The first-order valence-corrected chi connectivity index (χ1v) is 11.1. The second-order valence-corrected chi connectivity index (χ2v) is 8.57. The summed E-state index contributed by atoms with van der Waals surface area (Å²) in [6.07, 6.45) is 3.24. The molecule has 176 valence electrons. The Bertz CT molecular complexity index is 1020. The standard InChI is InChI=1S/C24H28ClN3O5/c1-17(2)16-33-24-21(25)14-18(15-22(24)32-3)4-9-23(29)27-12-10-26(11-13-27)19-5-7-20(8-6-19)28(30)31/h4-9,14-15,17H,10-13,16H2,1-3H3/b9-4+. The molecule has 2 aromatic carbocycles. The Morgan fingerprint density at radius 2 is 1.85 bits per heavy atom. The number of amides is 1. The van der Waals surface area contributed by atoms with Gasteiger partial charge in [0.05, 0.1) is 23.7 Å². The van der Waals surface area contributed by atoms with Crippen LogP contribution in [0.5, 0.6) is 11.5 Å². The molecule has 2 aromatic rings. The van der Waals surface area contributed by atoms with Crippen molar-refractivity contribution in [1.29, 1.82) is 0 Å². The van der Waals surface area contributed by atoms with Gasteiger partial charge in [-0.1, -0.05) is 25.4 Å². The van der Waals surface area contributed by atoms with Gasteiger partial charge in [-0.05, 0) is 41.8 Å². The Hall–Kier alpha value is -3.26. The van der Waals surface area contributed by atoms with Crippen LogP contribution in [0.1, 0.15) is 19.4 Å². The molecule has 0 aliphatic carbocycles. The number of hydrogen-bond acceptors (Lipinski definition) is 6. The van der Waals surface area contributed by atoms with Crippen LogP contribution in [-0.2, 0) is 4.79 Å². The van der Waals surface area contributed by atoms with Crippen LogP contribution in [0.15, 0.2) is 42.5 Å². The van der Waals surface area contributed by atoms with Crippen molar-refractivity contribution in [3.8, 4) is 11.5 Å². The maximum Gasteiger partial charge on any atom is 0.269 e. The molecule has 33 heavy (non-hydrogen) atoms. The van der Waals surface area contributed by atoms with E-state index in [0.29, 0.717) is 55.2 Å². The number of benzene rings is 2. The molecule has 0 atom stereocenters. The molecule has 1 heterocycles. The van der Waals surface area contributed by atoms with Crippen molar-refractivity contribution in [3.05, 3.63) is 63.2 Å². The van der Waals surface area contributed by atoms with Gasteiger partial charge in [-0.15, -0.1) is 0 Å². The third kappa shape index (κ3) is 6.38. The molecule has 1 amide bonds.